The van der Waals surface area contributed by atoms with Crippen LogP contribution in [0.5, 0.6) is 0 Å². The molecule has 3 rings (SSSR count). The number of nitrogens with one attached hydrogen (secondary N) is 1. The van der Waals surface area contributed by atoms with Crippen LogP contribution < -0.4 is 10.2 Å². The zero-order valence-corrected chi connectivity index (χ0v) is 14.2. The minimum absolute atomic E-state index is 0.197. The van der Waals surface area contributed by atoms with E-state index in [9.17, 15) is 4.79 Å². The Hall–Kier alpha value is -1.67. The van der Waals surface area contributed by atoms with Gasteiger partial charge in [-0.1, -0.05) is 35.6 Å². The van der Waals surface area contributed by atoms with Crippen molar-refractivity contribution in [1.29, 1.82) is 0 Å². The van der Waals surface area contributed by atoms with E-state index in [-0.39, 0.29) is 5.91 Å². The van der Waals surface area contributed by atoms with Gasteiger partial charge in [-0.25, -0.2) is 5.43 Å². The molecule has 0 spiro atoms. The van der Waals surface area contributed by atoms with E-state index in [2.05, 4.69) is 33.1 Å². The second kappa shape index (κ2) is 5.98. The van der Waals surface area contributed by atoms with Crippen LogP contribution in [0, 0.1) is 3.57 Å². The molecule has 106 valence electrons. The summed E-state index contributed by atoms with van der Waals surface area (Å²) in [6.07, 6.45) is 0. The maximum Gasteiger partial charge on any atom is 0.272 e. The van der Waals surface area contributed by atoms with Crippen molar-refractivity contribution in [3.8, 4) is 0 Å². The van der Waals surface area contributed by atoms with Crippen molar-refractivity contribution in [3.05, 3.63) is 62.5 Å². The van der Waals surface area contributed by atoms with Gasteiger partial charge >= 0.3 is 0 Å². The van der Waals surface area contributed by atoms with Crippen molar-refractivity contribution >= 4 is 50.1 Å². The average molecular weight is 409 g/mol. The summed E-state index contributed by atoms with van der Waals surface area (Å²) in [7, 11) is 1.94. The van der Waals surface area contributed by atoms with E-state index in [1.807, 2.05) is 54.1 Å². The van der Waals surface area contributed by atoms with Crippen molar-refractivity contribution < 1.29 is 4.79 Å². The molecule has 0 saturated carbocycles. The van der Waals surface area contributed by atoms with Gasteiger partial charge in [-0.15, -0.1) is 5.10 Å². The predicted octanol–water partition coefficient (Wildman–Crippen LogP) is 3.09. The average Bonchev–Trinajstić information content (AvgIpc) is 2.82. The second-order valence-corrected chi connectivity index (χ2v) is 6.62. The van der Waals surface area contributed by atoms with Gasteiger partial charge in [-0.3, -0.25) is 4.79 Å². The lowest BCUT2D eigenvalue weighted by atomic mass is 10.2. The van der Waals surface area contributed by atoms with E-state index in [4.69, 9.17) is 0 Å². The maximum atomic E-state index is 12.2. The normalized spacial score (nSPS) is 11.8. The molecule has 1 N–H and O–H groups in total. The van der Waals surface area contributed by atoms with Gasteiger partial charge in [-0.05, 0) is 46.9 Å². The van der Waals surface area contributed by atoms with Crippen LogP contribution in [0.1, 0.15) is 10.4 Å². The molecule has 0 bridgehead atoms. The fraction of sp³-hybridized carbons (Fsp3) is 0.0667. The highest BCUT2D eigenvalue weighted by Gasteiger charge is 2.08. The van der Waals surface area contributed by atoms with Gasteiger partial charge in [0.05, 0.1) is 15.8 Å². The quantitative estimate of drug-likeness (QED) is 0.513. The Bertz CT molecular complexity index is 882. The summed E-state index contributed by atoms with van der Waals surface area (Å²) in [5.41, 5.74) is 4.36. The lowest BCUT2D eigenvalue weighted by Gasteiger charge is -2.01. The molecule has 0 saturated heterocycles. The van der Waals surface area contributed by atoms with Gasteiger partial charge in [-0.2, -0.15) is 0 Å². The number of carbonyl (C=O) groups is 1. The van der Waals surface area contributed by atoms with Gasteiger partial charge < -0.3 is 4.57 Å². The third-order valence-corrected chi connectivity index (χ3v) is 5.14. The molecule has 0 radical (unpaired) electrons. The molecule has 0 aliphatic carbocycles. The third kappa shape index (κ3) is 2.86. The highest BCUT2D eigenvalue weighted by molar-refractivity contribution is 14.1. The lowest BCUT2D eigenvalue weighted by molar-refractivity contribution is 0.0952. The van der Waals surface area contributed by atoms with E-state index >= 15 is 0 Å². The van der Waals surface area contributed by atoms with E-state index < -0.39 is 0 Å². The molecule has 0 atom stereocenters. The Morgan fingerprint density at radius 3 is 2.67 bits per heavy atom. The smallest absolute Gasteiger partial charge is 0.272 e. The monoisotopic (exact) mass is 409 g/mol. The summed E-state index contributed by atoms with van der Waals surface area (Å²) in [6, 6.07) is 15.5. The molecule has 0 fully saturated rings. The Morgan fingerprint density at radius 2 is 1.90 bits per heavy atom. The minimum Gasteiger partial charge on any atom is -0.318 e. The number of aromatic nitrogens is 1. The van der Waals surface area contributed by atoms with Gasteiger partial charge in [0.25, 0.3) is 5.91 Å². The molecule has 6 heteroatoms. The van der Waals surface area contributed by atoms with Crippen LogP contribution in [0.25, 0.3) is 10.2 Å². The van der Waals surface area contributed by atoms with Crippen LogP contribution in [0.3, 0.4) is 0 Å². The molecule has 0 unspecified atom stereocenters. The topological polar surface area (TPSA) is 46.4 Å². The van der Waals surface area contributed by atoms with Gasteiger partial charge in [0, 0.05) is 10.6 Å². The molecule has 1 aromatic heterocycles. The van der Waals surface area contributed by atoms with Gasteiger partial charge in [0.1, 0.15) is 0 Å². The van der Waals surface area contributed by atoms with Crippen molar-refractivity contribution in [2.75, 3.05) is 0 Å². The number of nitrogens with zero attached hydrogens (tertiary/aromatic N) is 2. The Kier molecular flexibility index (Phi) is 4.07. The van der Waals surface area contributed by atoms with Crippen molar-refractivity contribution in [1.82, 2.24) is 9.99 Å². The lowest BCUT2D eigenvalue weighted by Crippen LogP contribution is -2.23. The molecular formula is C15H12IN3OS. The van der Waals surface area contributed by atoms with Crippen LogP contribution in [0.4, 0.5) is 0 Å². The van der Waals surface area contributed by atoms with E-state index in [0.717, 1.165) is 18.6 Å². The van der Waals surface area contributed by atoms with Crippen LogP contribution in [0.15, 0.2) is 53.6 Å². The van der Waals surface area contributed by atoms with Gasteiger partial charge in [0.2, 0.25) is 4.80 Å². The van der Waals surface area contributed by atoms with E-state index in [1.54, 1.807) is 17.4 Å². The third-order valence-electron chi connectivity index (χ3n) is 3.09. The molecule has 2 aromatic carbocycles. The minimum atomic E-state index is -0.197. The van der Waals surface area contributed by atoms with Crippen molar-refractivity contribution in [3.63, 3.8) is 0 Å². The summed E-state index contributed by atoms with van der Waals surface area (Å²) in [6.45, 7) is 0. The fourth-order valence-corrected chi connectivity index (χ4v) is 3.60. The van der Waals surface area contributed by atoms with Crippen molar-refractivity contribution in [2.45, 2.75) is 0 Å². The molecule has 1 heterocycles. The number of thiazole rings is 1. The first-order chi connectivity index (χ1) is 10.2. The first-order valence-electron chi connectivity index (χ1n) is 6.30. The van der Waals surface area contributed by atoms with Crippen LogP contribution in [0.2, 0.25) is 0 Å². The van der Waals surface area contributed by atoms with Crippen LogP contribution >= 0.6 is 33.9 Å². The van der Waals surface area contributed by atoms with E-state index in [0.29, 0.717) is 5.56 Å². The number of aryl methyl sites for hydroxylation is 1. The summed E-state index contributed by atoms with van der Waals surface area (Å²) in [5.74, 6) is -0.197. The van der Waals surface area contributed by atoms with Crippen LogP contribution in [-0.2, 0) is 7.05 Å². The number of carbonyl (C=O) groups excluding carboxylic acids is 1. The molecule has 0 aliphatic rings. The number of amides is 1. The first-order valence-corrected chi connectivity index (χ1v) is 8.19. The van der Waals surface area contributed by atoms with Crippen molar-refractivity contribution in [2.24, 2.45) is 12.1 Å². The Morgan fingerprint density at radius 1 is 1.19 bits per heavy atom. The zero-order chi connectivity index (χ0) is 14.8. The zero-order valence-electron chi connectivity index (χ0n) is 11.2. The highest BCUT2D eigenvalue weighted by atomic mass is 127. The first kappa shape index (κ1) is 14.3. The van der Waals surface area contributed by atoms with E-state index in [1.165, 1.54) is 0 Å². The SMILES string of the molecule is Cn1c(=NNC(=O)c2ccccc2I)sc2ccccc21. The molecular weight excluding hydrogens is 397 g/mol. The largest absolute Gasteiger partial charge is 0.318 e. The predicted molar refractivity (Wildman–Crippen MR) is 93.0 cm³/mol. The molecule has 0 aliphatic heterocycles. The molecule has 3 aromatic rings. The highest BCUT2D eigenvalue weighted by Crippen LogP contribution is 2.15. The number of halogens is 1. The number of hydrogen-bond donors (Lipinski definition) is 1. The second-order valence-electron chi connectivity index (χ2n) is 4.44. The number of benzene rings is 2. The fourth-order valence-electron chi connectivity index (χ4n) is 1.99. The number of para-hydroxylation sites is 1. The number of fused-ring (bicyclic) bond motifs is 1. The summed E-state index contributed by atoms with van der Waals surface area (Å²) < 4.78 is 4.02. The molecule has 4 nitrogen and oxygen atoms in total. The number of rotatable bonds is 2. The summed E-state index contributed by atoms with van der Waals surface area (Å²) in [5, 5.41) is 4.24. The maximum absolute atomic E-state index is 12.2. The van der Waals surface area contributed by atoms with Crippen LogP contribution in [-0.4, -0.2) is 10.5 Å². The van der Waals surface area contributed by atoms with Gasteiger partial charge in [0.15, 0.2) is 0 Å². The summed E-state index contributed by atoms with van der Waals surface area (Å²) >= 11 is 3.69. The summed E-state index contributed by atoms with van der Waals surface area (Å²) in [4.78, 5) is 12.9. The standard InChI is InChI=1S/C15H12IN3OS/c1-19-12-8-4-5-9-13(12)21-15(19)18-17-14(20)10-6-2-3-7-11(10)16/h2-9H,1H3,(H,17,20). The molecule has 1 amide bonds. The number of hydrogen-bond acceptors (Lipinski definition) is 3. The Labute approximate surface area is 139 Å². The Balaban J connectivity index is 1.93. The molecule has 21 heavy (non-hydrogen) atoms.